The minimum Gasteiger partial charge on any atom is -0.495 e. The third-order valence-electron chi connectivity index (χ3n) is 5.41. The van der Waals surface area contributed by atoms with Gasteiger partial charge < -0.3 is 14.8 Å². The Labute approximate surface area is 218 Å². The molecule has 0 aliphatic rings. The van der Waals surface area contributed by atoms with E-state index in [0.717, 1.165) is 22.0 Å². The molecule has 0 radical (unpaired) electrons. The molecule has 0 saturated carbocycles. The van der Waals surface area contributed by atoms with E-state index in [4.69, 9.17) is 21.1 Å². The Hall–Kier alpha value is -3.23. The summed E-state index contributed by atoms with van der Waals surface area (Å²) >= 11 is 6.17. The number of rotatable bonds is 13. The van der Waals surface area contributed by atoms with Crippen LogP contribution in [0.4, 0.5) is 5.69 Å². The Balaban J connectivity index is 1.73. The fourth-order valence-corrected chi connectivity index (χ4v) is 5.24. The van der Waals surface area contributed by atoms with Gasteiger partial charge >= 0.3 is 0 Å². The maximum Gasteiger partial charge on any atom is 0.264 e. The number of hydrogen-bond donors (Lipinski definition) is 1. The van der Waals surface area contributed by atoms with Gasteiger partial charge in [-0.25, -0.2) is 8.42 Å². The number of carbonyl (C=O) groups excluding carboxylic acids is 1. The summed E-state index contributed by atoms with van der Waals surface area (Å²) in [5, 5.41) is 3.15. The highest BCUT2D eigenvalue weighted by atomic mass is 35.5. The van der Waals surface area contributed by atoms with E-state index >= 15 is 0 Å². The second-order valence-corrected chi connectivity index (χ2v) is 10.3. The van der Waals surface area contributed by atoms with Gasteiger partial charge in [-0.2, -0.15) is 0 Å². The minimum absolute atomic E-state index is 0.0588. The van der Waals surface area contributed by atoms with Crippen LogP contribution in [0, 0.1) is 0 Å². The largest absolute Gasteiger partial charge is 0.495 e. The summed E-state index contributed by atoms with van der Waals surface area (Å²) in [5.41, 5.74) is 1.25. The first kappa shape index (κ1) is 27.4. The maximum atomic E-state index is 13.5. The van der Waals surface area contributed by atoms with Gasteiger partial charge in [0.25, 0.3) is 10.0 Å². The second kappa shape index (κ2) is 13.2. The van der Waals surface area contributed by atoms with Crippen LogP contribution < -0.4 is 19.1 Å². The van der Waals surface area contributed by atoms with Crippen molar-refractivity contribution < 1.29 is 22.7 Å². The van der Waals surface area contributed by atoms with Gasteiger partial charge in [-0.3, -0.25) is 9.10 Å². The maximum absolute atomic E-state index is 13.5. The number of methoxy groups -OCH3 is 1. The first-order chi connectivity index (χ1) is 17.4. The number of nitrogens with zero attached hydrogens (tertiary/aromatic N) is 1. The van der Waals surface area contributed by atoms with Gasteiger partial charge in [-0.05, 0) is 61.2 Å². The Bertz CT molecular complexity index is 1250. The van der Waals surface area contributed by atoms with Crippen LogP contribution in [0.2, 0.25) is 5.02 Å². The predicted molar refractivity (Wildman–Crippen MR) is 143 cm³/mol. The number of carbonyl (C=O) groups is 1. The van der Waals surface area contributed by atoms with Crippen LogP contribution in [0.5, 0.6) is 11.5 Å². The monoisotopic (exact) mass is 530 g/mol. The molecule has 0 aliphatic heterocycles. The number of para-hydroxylation sites is 1. The number of aryl methyl sites for hydroxylation is 1. The lowest BCUT2D eigenvalue weighted by Crippen LogP contribution is -2.41. The molecule has 9 heteroatoms. The Kier molecular flexibility index (Phi) is 10.0. The van der Waals surface area contributed by atoms with Gasteiger partial charge in [-0.15, -0.1) is 0 Å². The number of amides is 1. The van der Waals surface area contributed by atoms with Crippen molar-refractivity contribution in [2.24, 2.45) is 0 Å². The summed E-state index contributed by atoms with van der Waals surface area (Å²) < 4.78 is 39.2. The van der Waals surface area contributed by atoms with Gasteiger partial charge in [0.05, 0.1) is 24.3 Å². The van der Waals surface area contributed by atoms with Crippen LogP contribution in [0.1, 0.15) is 25.3 Å². The highest BCUT2D eigenvalue weighted by Crippen LogP contribution is 2.34. The van der Waals surface area contributed by atoms with E-state index in [1.807, 2.05) is 24.3 Å². The predicted octanol–water partition coefficient (Wildman–Crippen LogP) is 5.08. The molecule has 192 valence electrons. The van der Waals surface area contributed by atoms with Crippen molar-refractivity contribution in [2.45, 2.75) is 31.1 Å². The summed E-state index contributed by atoms with van der Waals surface area (Å²) in [6.45, 7) is 2.65. The van der Waals surface area contributed by atoms with Gasteiger partial charge in [0.1, 0.15) is 18.0 Å². The summed E-state index contributed by atoms with van der Waals surface area (Å²) in [6, 6.07) is 20.4. The Morgan fingerprint density at radius 3 is 2.44 bits per heavy atom. The number of nitrogens with one attached hydrogen (secondary N) is 1. The second-order valence-electron chi connectivity index (χ2n) is 8.05. The molecule has 0 atom stereocenters. The number of sulfonamides is 1. The van der Waals surface area contributed by atoms with Crippen LogP contribution in [-0.2, 0) is 21.2 Å². The summed E-state index contributed by atoms with van der Waals surface area (Å²) in [4.78, 5) is 13.0. The van der Waals surface area contributed by atoms with Crippen LogP contribution >= 0.6 is 11.6 Å². The molecule has 1 amide bonds. The zero-order valence-electron chi connectivity index (χ0n) is 20.4. The molecule has 1 N–H and O–H groups in total. The first-order valence-corrected chi connectivity index (χ1v) is 13.6. The minimum atomic E-state index is -4.07. The van der Waals surface area contributed by atoms with E-state index in [1.165, 1.54) is 25.3 Å². The average molecular weight is 531 g/mol. The van der Waals surface area contributed by atoms with Crippen molar-refractivity contribution in [3.63, 3.8) is 0 Å². The normalized spacial score (nSPS) is 11.1. The topological polar surface area (TPSA) is 84.9 Å². The molecule has 3 aromatic rings. The van der Waals surface area contributed by atoms with Crippen molar-refractivity contribution in [3.05, 3.63) is 83.4 Å². The van der Waals surface area contributed by atoms with Crippen LogP contribution in [0.15, 0.2) is 77.7 Å². The number of hydrogen-bond acceptors (Lipinski definition) is 5. The molecule has 0 aliphatic carbocycles. The Morgan fingerprint density at radius 2 is 1.72 bits per heavy atom. The van der Waals surface area contributed by atoms with Crippen molar-refractivity contribution >= 4 is 33.2 Å². The lowest BCUT2D eigenvalue weighted by molar-refractivity contribution is -0.119. The smallest absolute Gasteiger partial charge is 0.264 e. The highest BCUT2D eigenvalue weighted by molar-refractivity contribution is 7.92. The lowest BCUT2D eigenvalue weighted by Gasteiger charge is -2.26. The molecule has 0 aromatic heterocycles. The number of halogens is 1. The van der Waals surface area contributed by atoms with E-state index in [9.17, 15) is 13.2 Å². The molecule has 36 heavy (non-hydrogen) atoms. The molecule has 0 unspecified atom stereocenters. The first-order valence-electron chi connectivity index (χ1n) is 11.8. The van der Waals surface area contributed by atoms with E-state index in [0.29, 0.717) is 31.0 Å². The highest BCUT2D eigenvalue weighted by Gasteiger charge is 2.29. The zero-order valence-corrected chi connectivity index (χ0v) is 22.0. The van der Waals surface area contributed by atoms with E-state index in [2.05, 4.69) is 12.2 Å². The van der Waals surface area contributed by atoms with E-state index < -0.39 is 22.5 Å². The van der Waals surface area contributed by atoms with Crippen molar-refractivity contribution in [1.82, 2.24) is 5.32 Å². The quantitative estimate of drug-likeness (QED) is 0.311. The van der Waals surface area contributed by atoms with Gasteiger partial charge in [0.2, 0.25) is 5.91 Å². The summed E-state index contributed by atoms with van der Waals surface area (Å²) in [7, 11) is -2.64. The van der Waals surface area contributed by atoms with Crippen molar-refractivity contribution in [1.29, 1.82) is 0 Å². The molecule has 3 rings (SSSR count). The Morgan fingerprint density at radius 1 is 1.00 bits per heavy atom. The van der Waals surface area contributed by atoms with E-state index in [1.54, 1.807) is 30.3 Å². The molecule has 0 bridgehead atoms. The van der Waals surface area contributed by atoms with Gasteiger partial charge in [0.15, 0.2) is 0 Å². The number of anilines is 1. The van der Waals surface area contributed by atoms with Crippen molar-refractivity contribution in [3.8, 4) is 11.5 Å². The zero-order chi connectivity index (χ0) is 26.0. The van der Waals surface area contributed by atoms with Crippen LogP contribution in [0.25, 0.3) is 0 Å². The fraction of sp³-hybridized carbons (Fsp3) is 0.296. The van der Waals surface area contributed by atoms with Gasteiger partial charge in [0, 0.05) is 11.6 Å². The SMILES string of the molecule is CCCOc1ccccc1CCCNC(=O)CN(c1cc(Cl)ccc1OC)S(=O)(=O)c1ccccc1. The van der Waals surface area contributed by atoms with Crippen LogP contribution in [-0.4, -0.2) is 41.1 Å². The van der Waals surface area contributed by atoms with E-state index in [-0.39, 0.29) is 16.3 Å². The molecule has 0 fully saturated rings. The molecule has 7 nitrogen and oxygen atoms in total. The standard InChI is InChI=1S/C27H31ClN2O5S/c1-3-18-35-25-14-8-7-10-21(25)11-9-17-29-27(31)20-30(24-19-22(28)15-16-26(24)34-2)36(32,33)23-12-5-4-6-13-23/h4-8,10,12-16,19H,3,9,11,17-18,20H2,1-2H3,(H,29,31). The molecule has 0 saturated heterocycles. The third kappa shape index (κ3) is 7.15. The number of benzene rings is 3. The molecule has 3 aromatic carbocycles. The van der Waals surface area contributed by atoms with Crippen LogP contribution in [0.3, 0.4) is 0 Å². The molecular formula is C27H31ClN2O5S. The lowest BCUT2D eigenvalue weighted by atomic mass is 10.1. The summed E-state index contributed by atoms with van der Waals surface area (Å²) in [5.74, 6) is 0.696. The molecular weight excluding hydrogens is 500 g/mol. The summed E-state index contributed by atoms with van der Waals surface area (Å²) in [6.07, 6.45) is 2.31. The molecule has 0 heterocycles. The van der Waals surface area contributed by atoms with Gasteiger partial charge in [-0.1, -0.05) is 54.9 Å². The van der Waals surface area contributed by atoms with Crippen molar-refractivity contribution in [2.75, 3.05) is 31.1 Å². The number of ether oxygens (including phenoxy) is 2. The molecule has 0 spiro atoms. The third-order valence-corrected chi connectivity index (χ3v) is 7.42. The average Bonchev–Trinajstić information content (AvgIpc) is 2.89. The fourth-order valence-electron chi connectivity index (χ4n) is 3.63.